The van der Waals surface area contributed by atoms with Gasteiger partial charge in [0, 0.05) is 37.4 Å². The van der Waals surface area contributed by atoms with E-state index in [1.54, 1.807) is 0 Å². The van der Waals surface area contributed by atoms with Gasteiger partial charge in [0.05, 0.1) is 13.2 Å². The second-order valence-electron chi connectivity index (χ2n) is 7.11. The monoisotopic (exact) mass is 355 g/mol. The maximum absolute atomic E-state index is 12.4. The molecule has 3 rings (SSSR count). The molecular weight excluding hydrogens is 331 g/mol. The normalized spacial score (nSPS) is 27.2. The van der Waals surface area contributed by atoms with E-state index in [9.17, 15) is 18.0 Å². The molecule has 2 aliphatic heterocycles. The summed E-state index contributed by atoms with van der Waals surface area (Å²) < 4.78 is 42.4. The van der Waals surface area contributed by atoms with E-state index in [0.717, 1.165) is 6.54 Å². The van der Waals surface area contributed by atoms with E-state index >= 15 is 0 Å². The Labute approximate surface area is 146 Å². The summed E-state index contributed by atoms with van der Waals surface area (Å²) in [6.45, 7) is 2.01. The Balaban J connectivity index is 1.56. The van der Waals surface area contributed by atoms with Gasteiger partial charge in [-0.1, -0.05) is 30.3 Å². The summed E-state index contributed by atoms with van der Waals surface area (Å²) in [7, 11) is 0. The maximum Gasteiger partial charge on any atom is 0.389 e. The largest absolute Gasteiger partial charge is 0.389 e. The first kappa shape index (κ1) is 18.4. The lowest BCUT2D eigenvalue weighted by Gasteiger charge is -2.48. The molecule has 2 bridgehead atoms. The second-order valence-corrected chi connectivity index (χ2v) is 7.11. The molecule has 0 amide bonds. The number of benzene rings is 1. The third-order valence-electron chi connectivity index (χ3n) is 5.22. The predicted octanol–water partition coefficient (Wildman–Crippen LogP) is 3.97. The van der Waals surface area contributed by atoms with Crippen molar-refractivity contribution in [2.75, 3.05) is 13.2 Å². The third-order valence-corrected chi connectivity index (χ3v) is 5.22. The molecule has 2 atom stereocenters. The molecule has 0 radical (unpaired) electrons. The van der Waals surface area contributed by atoms with Crippen LogP contribution in [0.2, 0.25) is 0 Å². The molecule has 3 nitrogen and oxygen atoms in total. The number of ether oxygens (including phenoxy) is 1. The molecule has 2 aliphatic rings. The van der Waals surface area contributed by atoms with Crippen LogP contribution >= 0.6 is 0 Å². The van der Waals surface area contributed by atoms with Gasteiger partial charge in [0.2, 0.25) is 0 Å². The summed E-state index contributed by atoms with van der Waals surface area (Å²) in [5, 5.41) is 0. The van der Waals surface area contributed by atoms with Gasteiger partial charge in [-0.05, 0) is 24.8 Å². The first-order valence-corrected chi connectivity index (χ1v) is 8.89. The Morgan fingerprint density at radius 1 is 1.12 bits per heavy atom. The Morgan fingerprint density at radius 3 is 2.36 bits per heavy atom. The molecule has 25 heavy (non-hydrogen) atoms. The van der Waals surface area contributed by atoms with E-state index in [4.69, 9.17) is 4.74 Å². The summed E-state index contributed by atoms with van der Waals surface area (Å²) in [5.74, 6) is -0.139. The minimum absolute atomic E-state index is 0.0134. The lowest BCUT2D eigenvalue weighted by molar-refractivity contribution is -0.140. The highest BCUT2D eigenvalue weighted by Crippen LogP contribution is 2.34. The number of fused-ring (bicyclic) bond motifs is 2. The van der Waals surface area contributed by atoms with Crippen LogP contribution in [0.15, 0.2) is 30.3 Å². The predicted molar refractivity (Wildman–Crippen MR) is 88.0 cm³/mol. The highest BCUT2D eigenvalue weighted by Gasteiger charge is 2.41. The van der Waals surface area contributed by atoms with Gasteiger partial charge in [0.1, 0.15) is 5.78 Å². The molecule has 6 heteroatoms. The van der Waals surface area contributed by atoms with E-state index in [1.807, 2.05) is 18.2 Å². The van der Waals surface area contributed by atoms with Crippen LogP contribution in [0.25, 0.3) is 0 Å². The SMILES string of the molecule is O=C(CCCC(F)(F)F)C1CC2COCC(C1)N2Cc1ccccc1. The fourth-order valence-corrected chi connectivity index (χ4v) is 3.97. The fraction of sp³-hybridized carbons (Fsp3) is 0.632. The zero-order chi connectivity index (χ0) is 17.9. The van der Waals surface area contributed by atoms with Crippen LogP contribution in [-0.4, -0.2) is 42.2 Å². The second kappa shape index (κ2) is 7.87. The van der Waals surface area contributed by atoms with Crippen molar-refractivity contribution in [3.8, 4) is 0 Å². The summed E-state index contributed by atoms with van der Waals surface area (Å²) in [6, 6.07) is 10.5. The van der Waals surface area contributed by atoms with Crippen LogP contribution in [0.3, 0.4) is 0 Å². The average molecular weight is 355 g/mol. The van der Waals surface area contributed by atoms with Crippen LogP contribution in [0.4, 0.5) is 13.2 Å². The average Bonchev–Trinajstić information content (AvgIpc) is 2.54. The standard InChI is InChI=1S/C19H24F3NO2/c20-19(21,22)8-4-7-18(24)15-9-16-12-25-13-17(10-15)23(16)11-14-5-2-1-3-6-14/h1-3,5-6,15-17H,4,7-13H2. The number of hydrogen-bond acceptors (Lipinski definition) is 3. The van der Waals surface area contributed by atoms with Crippen molar-refractivity contribution in [1.29, 1.82) is 0 Å². The Kier molecular flexibility index (Phi) is 5.79. The number of halogens is 3. The van der Waals surface area contributed by atoms with Gasteiger partial charge in [-0.3, -0.25) is 9.69 Å². The molecule has 0 spiro atoms. The summed E-state index contributed by atoms with van der Waals surface area (Å²) >= 11 is 0. The molecule has 2 saturated heterocycles. The van der Waals surface area contributed by atoms with Gasteiger partial charge in [-0.15, -0.1) is 0 Å². The molecule has 2 unspecified atom stereocenters. The topological polar surface area (TPSA) is 29.5 Å². The van der Waals surface area contributed by atoms with Gasteiger partial charge in [0.25, 0.3) is 0 Å². The smallest absolute Gasteiger partial charge is 0.378 e. The molecule has 138 valence electrons. The van der Waals surface area contributed by atoms with Crippen LogP contribution in [0.1, 0.15) is 37.7 Å². The molecule has 0 aliphatic carbocycles. The Morgan fingerprint density at radius 2 is 1.76 bits per heavy atom. The lowest BCUT2D eigenvalue weighted by atomic mass is 9.81. The zero-order valence-corrected chi connectivity index (χ0v) is 14.2. The van der Waals surface area contributed by atoms with Crippen molar-refractivity contribution in [3.05, 3.63) is 35.9 Å². The van der Waals surface area contributed by atoms with Gasteiger partial charge in [-0.25, -0.2) is 0 Å². The van der Waals surface area contributed by atoms with Crippen molar-refractivity contribution < 1.29 is 22.7 Å². The number of hydrogen-bond donors (Lipinski definition) is 0. The molecule has 0 aromatic heterocycles. The van der Waals surface area contributed by atoms with Crippen molar-refractivity contribution in [2.45, 2.75) is 56.9 Å². The third kappa shape index (κ3) is 5.05. The van der Waals surface area contributed by atoms with Crippen molar-refractivity contribution in [1.82, 2.24) is 4.90 Å². The highest BCUT2D eigenvalue weighted by atomic mass is 19.4. The molecule has 2 heterocycles. The van der Waals surface area contributed by atoms with E-state index < -0.39 is 12.6 Å². The van der Waals surface area contributed by atoms with E-state index in [2.05, 4.69) is 17.0 Å². The number of rotatable bonds is 6. The summed E-state index contributed by atoms with van der Waals surface area (Å²) in [5.41, 5.74) is 1.23. The van der Waals surface area contributed by atoms with Crippen molar-refractivity contribution >= 4 is 5.78 Å². The van der Waals surface area contributed by atoms with Crippen molar-refractivity contribution in [2.24, 2.45) is 5.92 Å². The fourth-order valence-electron chi connectivity index (χ4n) is 3.97. The van der Waals surface area contributed by atoms with E-state index in [1.165, 1.54) is 5.56 Å². The molecular formula is C19H24F3NO2. The Hall–Kier alpha value is -1.40. The summed E-state index contributed by atoms with van der Waals surface area (Å²) in [4.78, 5) is 14.8. The van der Waals surface area contributed by atoms with Crippen LogP contribution in [0, 0.1) is 5.92 Å². The van der Waals surface area contributed by atoms with Crippen molar-refractivity contribution in [3.63, 3.8) is 0 Å². The minimum Gasteiger partial charge on any atom is -0.378 e. The number of nitrogens with zero attached hydrogens (tertiary/aromatic N) is 1. The van der Waals surface area contributed by atoms with E-state index in [-0.39, 0.29) is 36.6 Å². The van der Waals surface area contributed by atoms with Gasteiger partial charge < -0.3 is 4.74 Å². The number of ketones is 1. The Bertz CT molecular complexity index is 562. The maximum atomic E-state index is 12.4. The van der Waals surface area contributed by atoms with Crippen LogP contribution in [-0.2, 0) is 16.1 Å². The minimum atomic E-state index is -4.18. The number of Topliss-reactive ketones (excluding diaryl/α,β-unsaturated/α-hetero) is 1. The van der Waals surface area contributed by atoms with E-state index in [0.29, 0.717) is 26.1 Å². The number of morpholine rings is 1. The number of alkyl halides is 3. The number of carbonyl (C=O) groups is 1. The van der Waals surface area contributed by atoms with Gasteiger partial charge in [0.15, 0.2) is 0 Å². The van der Waals surface area contributed by atoms with Crippen LogP contribution < -0.4 is 0 Å². The lowest BCUT2D eigenvalue weighted by Crippen LogP contribution is -2.57. The first-order valence-electron chi connectivity index (χ1n) is 8.89. The van der Waals surface area contributed by atoms with Gasteiger partial charge >= 0.3 is 6.18 Å². The first-order chi connectivity index (χ1) is 11.9. The quantitative estimate of drug-likeness (QED) is 0.773. The molecule has 1 aromatic carbocycles. The molecule has 1 aromatic rings. The van der Waals surface area contributed by atoms with Gasteiger partial charge in [-0.2, -0.15) is 13.2 Å². The molecule has 2 fully saturated rings. The molecule has 0 saturated carbocycles. The zero-order valence-electron chi connectivity index (χ0n) is 14.2. The number of piperidine rings is 1. The summed E-state index contributed by atoms with van der Waals surface area (Å²) in [6.07, 6.45) is -3.74. The highest BCUT2D eigenvalue weighted by molar-refractivity contribution is 5.81. The van der Waals surface area contributed by atoms with Crippen LogP contribution in [0.5, 0.6) is 0 Å². The molecule has 0 N–H and O–H groups in total. The number of carbonyl (C=O) groups excluding carboxylic acids is 1.